The molecule has 0 spiro atoms. The van der Waals surface area contributed by atoms with Gasteiger partial charge in [-0.3, -0.25) is 0 Å². The minimum atomic E-state index is 0.586. The molecule has 0 radical (unpaired) electrons. The fourth-order valence-electron chi connectivity index (χ4n) is 2.55. The van der Waals surface area contributed by atoms with Crippen LogP contribution in [0.2, 0.25) is 0 Å². The topological polar surface area (TPSA) is 17.1 Å². The standard InChI is InChI=1S/C17H14O/c18-11-5-7-14-12-13-6-1-2-8-15(13)17-10-4-3-9-16(14)17/h1-4,6,8-12H,5,7H2. The normalized spacial score (nSPS) is 10.9. The lowest BCUT2D eigenvalue weighted by Gasteiger charge is -2.09. The first-order chi connectivity index (χ1) is 8.90. The van der Waals surface area contributed by atoms with Gasteiger partial charge >= 0.3 is 0 Å². The van der Waals surface area contributed by atoms with Gasteiger partial charge < -0.3 is 4.79 Å². The van der Waals surface area contributed by atoms with E-state index in [0.29, 0.717) is 6.42 Å². The number of hydrogen-bond acceptors (Lipinski definition) is 1. The van der Waals surface area contributed by atoms with Gasteiger partial charge in [0.15, 0.2) is 0 Å². The Balaban J connectivity index is 2.35. The molecule has 1 nitrogen and oxygen atoms in total. The van der Waals surface area contributed by atoms with Gasteiger partial charge in [-0.25, -0.2) is 0 Å². The Labute approximate surface area is 106 Å². The van der Waals surface area contributed by atoms with Crippen molar-refractivity contribution in [3.05, 3.63) is 60.2 Å². The van der Waals surface area contributed by atoms with Crippen LogP contribution in [0.3, 0.4) is 0 Å². The van der Waals surface area contributed by atoms with Crippen LogP contribution in [0.1, 0.15) is 12.0 Å². The van der Waals surface area contributed by atoms with Gasteiger partial charge in [0.1, 0.15) is 6.29 Å². The first-order valence-electron chi connectivity index (χ1n) is 6.23. The maximum atomic E-state index is 10.6. The van der Waals surface area contributed by atoms with Gasteiger partial charge in [0.25, 0.3) is 0 Å². The minimum absolute atomic E-state index is 0.586. The lowest BCUT2D eigenvalue weighted by atomic mass is 9.95. The van der Waals surface area contributed by atoms with Gasteiger partial charge in [0, 0.05) is 6.42 Å². The largest absolute Gasteiger partial charge is 0.303 e. The third kappa shape index (κ3) is 1.78. The van der Waals surface area contributed by atoms with Crippen LogP contribution in [-0.2, 0) is 11.2 Å². The highest BCUT2D eigenvalue weighted by molar-refractivity contribution is 6.08. The lowest BCUT2D eigenvalue weighted by Crippen LogP contribution is -1.89. The molecule has 3 aromatic carbocycles. The van der Waals surface area contributed by atoms with Crippen LogP contribution in [0.4, 0.5) is 0 Å². The maximum absolute atomic E-state index is 10.6. The fraction of sp³-hybridized carbons (Fsp3) is 0.118. The van der Waals surface area contributed by atoms with Crippen molar-refractivity contribution in [3.63, 3.8) is 0 Å². The summed E-state index contributed by atoms with van der Waals surface area (Å²) < 4.78 is 0. The molecule has 0 amide bonds. The van der Waals surface area contributed by atoms with Crippen LogP contribution < -0.4 is 0 Å². The van der Waals surface area contributed by atoms with Crippen molar-refractivity contribution in [2.75, 3.05) is 0 Å². The van der Waals surface area contributed by atoms with E-state index < -0.39 is 0 Å². The summed E-state index contributed by atoms with van der Waals surface area (Å²) in [5.41, 5.74) is 1.26. The predicted octanol–water partition coefficient (Wildman–Crippen LogP) is 4.12. The second-order valence-corrected chi connectivity index (χ2v) is 4.51. The van der Waals surface area contributed by atoms with E-state index in [1.807, 2.05) is 0 Å². The molecule has 3 aromatic rings. The number of aryl methyl sites for hydroxylation is 1. The molecule has 0 bridgehead atoms. The van der Waals surface area contributed by atoms with Gasteiger partial charge in [-0.2, -0.15) is 0 Å². The van der Waals surface area contributed by atoms with Gasteiger partial charge in [0.05, 0.1) is 0 Å². The van der Waals surface area contributed by atoms with Crippen LogP contribution in [0.15, 0.2) is 54.6 Å². The molecule has 88 valence electrons. The first-order valence-corrected chi connectivity index (χ1v) is 6.23. The Morgan fingerprint density at radius 3 is 2.28 bits per heavy atom. The Kier molecular flexibility index (Phi) is 2.81. The molecule has 1 heteroatoms. The molecule has 0 atom stereocenters. The smallest absolute Gasteiger partial charge is 0.120 e. The highest BCUT2D eigenvalue weighted by atomic mass is 16.1. The van der Waals surface area contributed by atoms with E-state index in [2.05, 4.69) is 54.6 Å². The number of aldehydes is 1. The highest BCUT2D eigenvalue weighted by Crippen LogP contribution is 2.29. The first kappa shape index (κ1) is 11.0. The zero-order valence-electron chi connectivity index (χ0n) is 10.1. The van der Waals surface area contributed by atoms with E-state index in [4.69, 9.17) is 0 Å². The molecular formula is C17H14O. The molecule has 0 aliphatic heterocycles. The summed E-state index contributed by atoms with van der Waals surface area (Å²) in [5, 5.41) is 5.06. The Bertz CT molecular complexity index is 713. The SMILES string of the molecule is O=CCCc1cc2ccccc2c2ccccc12. The Hall–Kier alpha value is -2.15. The molecule has 0 aromatic heterocycles. The number of rotatable bonds is 3. The third-order valence-corrected chi connectivity index (χ3v) is 3.39. The summed E-state index contributed by atoms with van der Waals surface area (Å²) in [4.78, 5) is 10.6. The zero-order valence-corrected chi connectivity index (χ0v) is 10.1. The summed E-state index contributed by atoms with van der Waals surface area (Å²) in [6.45, 7) is 0. The molecular weight excluding hydrogens is 220 g/mol. The van der Waals surface area contributed by atoms with Gasteiger partial charge in [-0.15, -0.1) is 0 Å². The summed E-state index contributed by atoms with van der Waals surface area (Å²) in [7, 11) is 0. The van der Waals surface area contributed by atoms with Crippen molar-refractivity contribution in [2.24, 2.45) is 0 Å². The van der Waals surface area contributed by atoms with Crippen molar-refractivity contribution >= 4 is 27.8 Å². The van der Waals surface area contributed by atoms with E-state index in [-0.39, 0.29) is 0 Å². The number of carbonyl (C=O) groups is 1. The molecule has 0 fully saturated rings. The molecule has 18 heavy (non-hydrogen) atoms. The number of benzene rings is 3. The summed E-state index contributed by atoms with van der Waals surface area (Å²) >= 11 is 0. The predicted molar refractivity (Wildman–Crippen MR) is 75.8 cm³/mol. The molecule has 0 saturated carbocycles. The monoisotopic (exact) mass is 234 g/mol. The van der Waals surface area contributed by atoms with Gasteiger partial charge in [-0.05, 0) is 33.5 Å². The second-order valence-electron chi connectivity index (χ2n) is 4.51. The van der Waals surface area contributed by atoms with Gasteiger partial charge in [0.2, 0.25) is 0 Å². The van der Waals surface area contributed by atoms with E-state index in [0.717, 1.165) is 12.7 Å². The molecule has 0 N–H and O–H groups in total. The van der Waals surface area contributed by atoms with Crippen LogP contribution in [0, 0.1) is 0 Å². The van der Waals surface area contributed by atoms with E-state index in [1.165, 1.54) is 27.1 Å². The number of fused-ring (bicyclic) bond motifs is 3. The quantitative estimate of drug-likeness (QED) is 0.492. The van der Waals surface area contributed by atoms with E-state index in [1.54, 1.807) is 0 Å². The Morgan fingerprint density at radius 2 is 1.50 bits per heavy atom. The van der Waals surface area contributed by atoms with Gasteiger partial charge in [-0.1, -0.05) is 54.6 Å². The van der Waals surface area contributed by atoms with Crippen molar-refractivity contribution < 1.29 is 4.79 Å². The molecule has 0 aliphatic carbocycles. The molecule has 0 saturated heterocycles. The van der Waals surface area contributed by atoms with E-state index >= 15 is 0 Å². The lowest BCUT2D eigenvalue weighted by molar-refractivity contribution is -0.107. The Morgan fingerprint density at radius 1 is 0.833 bits per heavy atom. The summed E-state index contributed by atoms with van der Waals surface area (Å²) in [5.74, 6) is 0. The summed E-state index contributed by atoms with van der Waals surface area (Å²) in [6, 6.07) is 19.0. The highest BCUT2D eigenvalue weighted by Gasteiger charge is 2.05. The van der Waals surface area contributed by atoms with E-state index in [9.17, 15) is 4.79 Å². The molecule has 0 unspecified atom stereocenters. The van der Waals surface area contributed by atoms with Crippen LogP contribution in [-0.4, -0.2) is 6.29 Å². The van der Waals surface area contributed by atoms with Crippen LogP contribution in [0.25, 0.3) is 21.5 Å². The average Bonchev–Trinajstić information content (AvgIpc) is 2.45. The van der Waals surface area contributed by atoms with Crippen molar-refractivity contribution in [1.82, 2.24) is 0 Å². The molecule has 3 rings (SSSR count). The van der Waals surface area contributed by atoms with Crippen molar-refractivity contribution in [1.29, 1.82) is 0 Å². The van der Waals surface area contributed by atoms with Crippen LogP contribution in [0.5, 0.6) is 0 Å². The zero-order chi connectivity index (χ0) is 12.4. The average molecular weight is 234 g/mol. The minimum Gasteiger partial charge on any atom is -0.303 e. The summed E-state index contributed by atoms with van der Waals surface area (Å²) in [6.07, 6.45) is 2.39. The third-order valence-electron chi connectivity index (χ3n) is 3.39. The number of carbonyl (C=O) groups excluding carboxylic acids is 1. The van der Waals surface area contributed by atoms with Crippen LogP contribution >= 0.6 is 0 Å². The number of hydrogen-bond donors (Lipinski definition) is 0. The molecule has 0 aliphatic rings. The van der Waals surface area contributed by atoms with Crippen molar-refractivity contribution in [3.8, 4) is 0 Å². The van der Waals surface area contributed by atoms with Crippen molar-refractivity contribution in [2.45, 2.75) is 12.8 Å². The maximum Gasteiger partial charge on any atom is 0.120 e. The molecule has 0 heterocycles. The fourth-order valence-corrected chi connectivity index (χ4v) is 2.55. The second kappa shape index (κ2) is 4.61.